The predicted octanol–water partition coefficient (Wildman–Crippen LogP) is 4.20. The molecule has 4 aliphatic rings. The third-order valence-corrected chi connectivity index (χ3v) is 6.28. The second-order valence-corrected chi connectivity index (χ2v) is 8.20. The fourth-order valence-electron chi connectivity index (χ4n) is 5.80. The van der Waals surface area contributed by atoms with Crippen molar-refractivity contribution in [3.8, 4) is 5.75 Å². The van der Waals surface area contributed by atoms with Gasteiger partial charge in [0.05, 0.1) is 5.56 Å². The van der Waals surface area contributed by atoms with Crippen LogP contribution in [0.15, 0.2) is 36.9 Å². The van der Waals surface area contributed by atoms with Crippen molar-refractivity contribution in [3.63, 3.8) is 0 Å². The number of rotatable bonds is 6. The minimum Gasteiger partial charge on any atom is -0.489 e. The number of carbonyl (C=O) groups is 1. The van der Waals surface area contributed by atoms with Gasteiger partial charge in [0.25, 0.3) is 5.91 Å². The number of carbonyl (C=O) groups excluding carboxylic acids is 1. The summed E-state index contributed by atoms with van der Waals surface area (Å²) in [4.78, 5) is 12.7. The van der Waals surface area contributed by atoms with Crippen LogP contribution in [0.5, 0.6) is 5.75 Å². The second kappa shape index (κ2) is 6.27. The molecule has 0 aromatic heterocycles. The largest absolute Gasteiger partial charge is 0.489 e. The molecule has 4 fully saturated rings. The Kier molecular flexibility index (Phi) is 4.11. The lowest BCUT2D eigenvalue weighted by Gasteiger charge is -2.56. The van der Waals surface area contributed by atoms with E-state index in [1.807, 2.05) is 24.3 Å². The molecule has 1 aromatic carbocycles. The van der Waals surface area contributed by atoms with Crippen LogP contribution in [0.2, 0.25) is 0 Å². The molecule has 0 unspecified atom stereocenters. The van der Waals surface area contributed by atoms with Crippen LogP contribution in [0.3, 0.4) is 0 Å². The molecule has 24 heavy (non-hydrogen) atoms. The van der Waals surface area contributed by atoms with Crippen molar-refractivity contribution < 1.29 is 9.53 Å². The van der Waals surface area contributed by atoms with Crippen LogP contribution < -0.4 is 10.1 Å². The van der Waals surface area contributed by atoms with E-state index in [-0.39, 0.29) is 5.91 Å². The highest BCUT2D eigenvalue weighted by atomic mass is 16.5. The molecule has 0 radical (unpaired) electrons. The minimum absolute atomic E-state index is 0.00888. The summed E-state index contributed by atoms with van der Waals surface area (Å²) >= 11 is 0. The van der Waals surface area contributed by atoms with Crippen molar-refractivity contribution >= 4 is 5.91 Å². The molecule has 0 saturated heterocycles. The number of benzene rings is 1. The van der Waals surface area contributed by atoms with E-state index in [0.717, 1.165) is 24.3 Å². The molecule has 0 heterocycles. The van der Waals surface area contributed by atoms with Crippen LogP contribution in [0.4, 0.5) is 0 Å². The first-order chi connectivity index (χ1) is 11.7. The Bertz CT molecular complexity index is 601. The number of hydrogen-bond acceptors (Lipinski definition) is 2. The lowest BCUT2D eigenvalue weighted by Crippen LogP contribution is -2.51. The standard InChI is InChI=1S/C21H27NO2/c1-2-7-24-19-6-4-3-5-18(19)20(23)22-14-21-11-15-8-16(12-21)10-17(9-15)13-21/h2-6,15-17H,1,7-14H2,(H,22,23). The van der Waals surface area contributed by atoms with E-state index in [2.05, 4.69) is 11.9 Å². The summed E-state index contributed by atoms with van der Waals surface area (Å²) in [5.41, 5.74) is 0.991. The molecule has 0 aliphatic heterocycles. The number of nitrogens with one attached hydrogen (secondary N) is 1. The van der Waals surface area contributed by atoms with Gasteiger partial charge in [-0.15, -0.1) is 0 Å². The first kappa shape index (κ1) is 15.7. The first-order valence-electron chi connectivity index (χ1n) is 9.28. The molecule has 4 bridgehead atoms. The smallest absolute Gasteiger partial charge is 0.255 e. The van der Waals surface area contributed by atoms with Gasteiger partial charge in [0, 0.05) is 6.54 Å². The normalized spacial score (nSPS) is 33.2. The van der Waals surface area contributed by atoms with Crippen LogP contribution in [0, 0.1) is 23.2 Å². The summed E-state index contributed by atoms with van der Waals surface area (Å²) in [6, 6.07) is 7.48. The zero-order valence-corrected chi connectivity index (χ0v) is 14.3. The van der Waals surface area contributed by atoms with Crippen molar-refractivity contribution in [3.05, 3.63) is 42.5 Å². The van der Waals surface area contributed by atoms with Gasteiger partial charge in [0.2, 0.25) is 0 Å². The van der Waals surface area contributed by atoms with Gasteiger partial charge >= 0.3 is 0 Å². The topological polar surface area (TPSA) is 38.3 Å². The third-order valence-electron chi connectivity index (χ3n) is 6.28. The summed E-state index contributed by atoms with van der Waals surface area (Å²) < 4.78 is 5.62. The average molecular weight is 325 g/mol. The predicted molar refractivity (Wildman–Crippen MR) is 95.1 cm³/mol. The third kappa shape index (κ3) is 2.97. The molecule has 5 rings (SSSR count). The number of ether oxygens (including phenoxy) is 1. The molecular weight excluding hydrogens is 298 g/mol. The molecule has 0 atom stereocenters. The van der Waals surface area contributed by atoms with Crippen LogP contribution in [0.25, 0.3) is 0 Å². The summed E-state index contributed by atoms with van der Waals surface area (Å²) in [7, 11) is 0. The zero-order valence-electron chi connectivity index (χ0n) is 14.3. The fraction of sp³-hybridized carbons (Fsp3) is 0.571. The van der Waals surface area contributed by atoms with Gasteiger partial charge in [0.15, 0.2) is 0 Å². The van der Waals surface area contributed by atoms with E-state index in [1.54, 1.807) is 6.08 Å². The number of hydrogen-bond donors (Lipinski definition) is 1. The minimum atomic E-state index is -0.00888. The van der Waals surface area contributed by atoms with Crippen molar-refractivity contribution in [2.75, 3.05) is 13.2 Å². The molecule has 0 spiro atoms. The highest BCUT2D eigenvalue weighted by molar-refractivity contribution is 5.96. The first-order valence-corrected chi connectivity index (χ1v) is 9.28. The second-order valence-electron chi connectivity index (χ2n) is 8.20. The van der Waals surface area contributed by atoms with Crippen molar-refractivity contribution in [1.29, 1.82) is 0 Å². The highest BCUT2D eigenvalue weighted by Gasteiger charge is 2.50. The maximum absolute atomic E-state index is 12.7. The van der Waals surface area contributed by atoms with E-state index >= 15 is 0 Å². The highest BCUT2D eigenvalue weighted by Crippen LogP contribution is 2.59. The molecule has 4 saturated carbocycles. The Morgan fingerprint density at radius 3 is 2.42 bits per heavy atom. The Labute approximate surface area is 144 Å². The average Bonchev–Trinajstić information content (AvgIpc) is 2.57. The van der Waals surface area contributed by atoms with Gasteiger partial charge in [-0.1, -0.05) is 24.8 Å². The lowest BCUT2D eigenvalue weighted by atomic mass is 9.49. The Hall–Kier alpha value is -1.77. The summed E-state index contributed by atoms with van der Waals surface area (Å²) in [6.45, 7) is 4.91. The quantitative estimate of drug-likeness (QED) is 0.796. The van der Waals surface area contributed by atoms with Crippen molar-refractivity contribution in [2.24, 2.45) is 23.2 Å². The van der Waals surface area contributed by atoms with Gasteiger partial charge in [-0.05, 0) is 73.8 Å². The van der Waals surface area contributed by atoms with Crippen LogP contribution in [-0.2, 0) is 0 Å². The van der Waals surface area contributed by atoms with E-state index in [1.165, 1.54) is 38.5 Å². The van der Waals surface area contributed by atoms with Gasteiger partial charge < -0.3 is 10.1 Å². The number of para-hydroxylation sites is 1. The molecule has 1 N–H and O–H groups in total. The molecule has 4 aliphatic carbocycles. The summed E-state index contributed by atoms with van der Waals surface area (Å²) in [6.07, 6.45) is 9.95. The summed E-state index contributed by atoms with van der Waals surface area (Å²) in [5, 5.41) is 3.23. The van der Waals surface area contributed by atoms with Crippen molar-refractivity contribution in [1.82, 2.24) is 5.32 Å². The van der Waals surface area contributed by atoms with Crippen LogP contribution >= 0.6 is 0 Å². The van der Waals surface area contributed by atoms with E-state index in [4.69, 9.17) is 4.74 Å². The van der Waals surface area contributed by atoms with Gasteiger partial charge in [-0.25, -0.2) is 0 Å². The van der Waals surface area contributed by atoms with Crippen LogP contribution in [-0.4, -0.2) is 19.1 Å². The van der Waals surface area contributed by atoms with Gasteiger partial charge in [0.1, 0.15) is 12.4 Å². The van der Waals surface area contributed by atoms with Crippen LogP contribution in [0.1, 0.15) is 48.9 Å². The SMILES string of the molecule is C=CCOc1ccccc1C(=O)NCC12CC3CC(CC(C3)C1)C2. The Morgan fingerprint density at radius 1 is 1.17 bits per heavy atom. The molecule has 3 heteroatoms. The van der Waals surface area contributed by atoms with E-state index < -0.39 is 0 Å². The summed E-state index contributed by atoms with van der Waals surface area (Å²) in [5.74, 6) is 3.37. The zero-order chi connectivity index (χ0) is 16.6. The van der Waals surface area contributed by atoms with Gasteiger partial charge in [-0.2, -0.15) is 0 Å². The van der Waals surface area contributed by atoms with E-state index in [9.17, 15) is 4.79 Å². The fourth-order valence-corrected chi connectivity index (χ4v) is 5.80. The monoisotopic (exact) mass is 325 g/mol. The van der Waals surface area contributed by atoms with Gasteiger partial charge in [-0.3, -0.25) is 4.79 Å². The Morgan fingerprint density at radius 2 is 1.79 bits per heavy atom. The number of amides is 1. The van der Waals surface area contributed by atoms with E-state index in [0.29, 0.717) is 23.3 Å². The maximum atomic E-state index is 12.7. The molecule has 1 amide bonds. The molecule has 128 valence electrons. The maximum Gasteiger partial charge on any atom is 0.255 e. The molecule has 1 aromatic rings. The van der Waals surface area contributed by atoms with Crippen molar-refractivity contribution in [2.45, 2.75) is 38.5 Å². The Balaban J connectivity index is 1.43. The molecule has 3 nitrogen and oxygen atoms in total. The molecular formula is C21H27NO2. The lowest BCUT2D eigenvalue weighted by molar-refractivity contribution is -0.0503.